The quantitative estimate of drug-likeness (QED) is 0.628. The summed E-state index contributed by atoms with van der Waals surface area (Å²) in [6.45, 7) is 1.98. The lowest BCUT2D eigenvalue weighted by Gasteiger charge is -2.08. The summed E-state index contributed by atoms with van der Waals surface area (Å²) < 4.78 is 2.08. The van der Waals surface area contributed by atoms with Crippen molar-refractivity contribution < 1.29 is 0 Å². The highest BCUT2D eigenvalue weighted by Crippen LogP contribution is 2.25. The number of aromatic nitrogens is 4. The van der Waals surface area contributed by atoms with Crippen molar-refractivity contribution in [1.82, 2.24) is 19.5 Å². The van der Waals surface area contributed by atoms with Crippen LogP contribution in [0.25, 0.3) is 27.8 Å². The normalized spacial score (nSPS) is 12.4. The molecule has 0 bridgehead atoms. The number of hydrogen-bond acceptors (Lipinski definition) is 4. The highest BCUT2D eigenvalue weighted by Gasteiger charge is 2.08. The fourth-order valence-corrected chi connectivity index (χ4v) is 2.80. The van der Waals surface area contributed by atoms with Crippen LogP contribution in [0.1, 0.15) is 18.5 Å². The molecule has 1 atom stereocenters. The minimum atomic E-state index is 0.000888. The molecule has 0 aliphatic rings. The molecular weight excluding hydrogens is 298 g/mol. The van der Waals surface area contributed by atoms with E-state index in [-0.39, 0.29) is 6.04 Å². The Bertz CT molecular complexity index is 989. The average molecular weight is 315 g/mol. The Kier molecular flexibility index (Phi) is 3.55. The third-order valence-electron chi connectivity index (χ3n) is 4.12. The minimum Gasteiger partial charge on any atom is -0.324 e. The van der Waals surface area contributed by atoms with Crippen LogP contribution < -0.4 is 5.73 Å². The molecule has 4 aromatic rings. The van der Waals surface area contributed by atoms with Crippen molar-refractivity contribution in [3.63, 3.8) is 0 Å². The van der Waals surface area contributed by atoms with Crippen molar-refractivity contribution in [2.45, 2.75) is 13.0 Å². The van der Waals surface area contributed by atoms with Gasteiger partial charge in [-0.2, -0.15) is 0 Å². The van der Waals surface area contributed by atoms with Gasteiger partial charge in [-0.3, -0.25) is 4.57 Å². The summed E-state index contributed by atoms with van der Waals surface area (Å²) in [7, 11) is 0. The Labute approximate surface area is 139 Å². The van der Waals surface area contributed by atoms with E-state index < -0.39 is 0 Å². The number of rotatable bonds is 3. The average Bonchev–Trinajstić information content (AvgIpc) is 3.06. The monoisotopic (exact) mass is 315 g/mol. The van der Waals surface area contributed by atoms with Gasteiger partial charge in [-0.25, -0.2) is 15.0 Å². The molecule has 2 N–H and O–H groups in total. The van der Waals surface area contributed by atoms with Crippen molar-refractivity contribution in [1.29, 1.82) is 0 Å². The van der Waals surface area contributed by atoms with E-state index in [0.29, 0.717) is 0 Å². The maximum absolute atomic E-state index is 5.96. The summed E-state index contributed by atoms with van der Waals surface area (Å²) in [5.74, 6) is 0. The Balaban J connectivity index is 1.81. The maximum atomic E-state index is 5.96. The smallest absolute Gasteiger partial charge is 0.115 e. The van der Waals surface area contributed by atoms with Gasteiger partial charge >= 0.3 is 0 Å². The van der Waals surface area contributed by atoms with E-state index in [1.54, 1.807) is 0 Å². The molecule has 1 unspecified atom stereocenters. The number of hydrogen-bond donors (Lipinski definition) is 1. The third kappa shape index (κ3) is 2.55. The Morgan fingerprint density at radius 3 is 2.62 bits per heavy atom. The van der Waals surface area contributed by atoms with E-state index in [4.69, 9.17) is 5.73 Å². The molecule has 118 valence electrons. The van der Waals surface area contributed by atoms with E-state index in [0.717, 1.165) is 33.4 Å². The van der Waals surface area contributed by atoms with E-state index in [9.17, 15) is 0 Å². The van der Waals surface area contributed by atoms with Crippen LogP contribution in [-0.4, -0.2) is 19.5 Å². The molecule has 0 saturated carbocycles. The lowest BCUT2D eigenvalue weighted by molar-refractivity contribution is 0.819. The van der Waals surface area contributed by atoms with Gasteiger partial charge in [0.1, 0.15) is 12.7 Å². The van der Waals surface area contributed by atoms with Crippen molar-refractivity contribution >= 4 is 11.0 Å². The van der Waals surface area contributed by atoms with Gasteiger partial charge in [0.05, 0.1) is 11.0 Å². The predicted octanol–water partition coefficient (Wildman–Crippen LogP) is 3.50. The van der Waals surface area contributed by atoms with Crippen LogP contribution in [0.5, 0.6) is 0 Å². The molecule has 5 nitrogen and oxygen atoms in total. The second kappa shape index (κ2) is 5.86. The molecule has 5 heteroatoms. The van der Waals surface area contributed by atoms with Crippen LogP contribution in [0.4, 0.5) is 0 Å². The molecular formula is C19H17N5. The number of benzene rings is 2. The first-order valence-electron chi connectivity index (χ1n) is 7.81. The van der Waals surface area contributed by atoms with E-state index in [1.165, 1.54) is 6.33 Å². The van der Waals surface area contributed by atoms with Crippen molar-refractivity contribution in [2.75, 3.05) is 0 Å². The highest BCUT2D eigenvalue weighted by atomic mass is 15.0. The van der Waals surface area contributed by atoms with Gasteiger partial charge in [0, 0.05) is 29.7 Å². The van der Waals surface area contributed by atoms with Gasteiger partial charge in [0.25, 0.3) is 0 Å². The third-order valence-corrected chi connectivity index (χ3v) is 4.12. The van der Waals surface area contributed by atoms with Crippen LogP contribution in [0, 0.1) is 0 Å². The van der Waals surface area contributed by atoms with Gasteiger partial charge in [-0.1, -0.05) is 18.2 Å². The Hall–Kier alpha value is -3.05. The highest BCUT2D eigenvalue weighted by molar-refractivity contribution is 5.79. The summed E-state index contributed by atoms with van der Waals surface area (Å²) in [6, 6.07) is 14.4. The standard InChI is InChI=1S/C19H17N5/c1-13(20)14-5-6-19-18(8-14)23-12-24(19)17-4-2-3-15(7-17)16-9-21-11-22-10-16/h2-13H,20H2,1H3. The molecule has 0 fully saturated rings. The summed E-state index contributed by atoms with van der Waals surface area (Å²) in [4.78, 5) is 12.7. The van der Waals surface area contributed by atoms with Crippen molar-refractivity contribution in [3.8, 4) is 16.8 Å². The van der Waals surface area contributed by atoms with Crippen LogP contribution in [0.15, 0.2) is 67.5 Å². The minimum absolute atomic E-state index is 0.000888. The molecule has 2 aromatic heterocycles. The topological polar surface area (TPSA) is 69.6 Å². The number of fused-ring (bicyclic) bond motifs is 1. The zero-order valence-electron chi connectivity index (χ0n) is 13.3. The predicted molar refractivity (Wildman–Crippen MR) is 94.7 cm³/mol. The lowest BCUT2D eigenvalue weighted by atomic mass is 10.1. The summed E-state index contributed by atoms with van der Waals surface area (Å²) in [5, 5.41) is 0. The molecule has 2 aromatic carbocycles. The van der Waals surface area contributed by atoms with Crippen LogP contribution in [0.3, 0.4) is 0 Å². The number of nitrogens with two attached hydrogens (primary N) is 1. The molecule has 0 spiro atoms. The van der Waals surface area contributed by atoms with Gasteiger partial charge in [0.2, 0.25) is 0 Å². The lowest BCUT2D eigenvalue weighted by Crippen LogP contribution is -2.04. The van der Waals surface area contributed by atoms with E-state index >= 15 is 0 Å². The molecule has 24 heavy (non-hydrogen) atoms. The fraction of sp³-hybridized carbons (Fsp3) is 0.105. The Morgan fingerprint density at radius 2 is 1.83 bits per heavy atom. The van der Waals surface area contributed by atoms with Crippen LogP contribution in [0.2, 0.25) is 0 Å². The van der Waals surface area contributed by atoms with Gasteiger partial charge in [-0.05, 0) is 42.3 Å². The molecule has 4 rings (SSSR count). The first kappa shape index (κ1) is 14.5. The maximum Gasteiger partial charge on any atom is 0.115 e. The second-order valence-electron chi connectivity index (χ2n) is 5.83. The molecule has 0 aliphatic heterocycles. The molecule has 2 heterocycles. The molecule has 0 aliphatic carbocycles. The van der Waals surface area contributed by atoms with Crippen LogP contribution in [-0.2, 0) is 0 Å². The molecule has 0 saturated heterocycles. The van der Waals surface area contributed by atoms with Crippen molar-refractivity contribution in [3.05, 3.63) is 73.1 Å². The molecule has 0 amide bonds. The SMILES string of the molecule is CC(N)c1ccc2c(c1)ncn2-c1cccc(-c2cncnc2)c1. The summed E-state index contributed by atoms with van der Waals surface area (Å²) in [6.07, 6.45) is 7.00. The van der Waals surface area contributed by atoms with E-state index in [1.807, 2.05) is 37.8 Å². The second-order valence-corrected chi connectivity index (χ2v) is 5.83. The Morgan fingerprint density at radius 1 is 1.00 bits per heavy atom. The zero-order valence-corrected chi connectivity index (χ0v) is 13.3. The number of imidazole rings is 1. The summed E-state index contributed by atoms with van der Waals surface area (Å²) >= 11 is 0. The first-order chi connectivity index (χ1) is 11.7. The zero-order chi connectivity index (χ0) is 16.5. The summed E-state index contributed by atoms with van der Waals surface area (Å²) in [5.41, 5.74) is 12.2. The van der Waals surface area contributed by atoms with E-state index in [2.05, 4.69) is 49.9 Å². The van der Waals surface area contributed by atoms with Gasteiger partial charge < -0.3 is 5.73 Å². The largest absolute Gasteiger partial charge is 0.324 e. The van der Waals surface area contributed by atoms with Gasteiger partial charge in [0.15, 0.2) is 0 Å². The number of nitrogens with zero attached hydrogens (tertiary/aromatic N) is 4. The van der Waals surface area contributed by atoms with Gasteiger partial charge in [-0.15, -0.1) is 0 Å². The van der Waals surface area contributed by atoms with Crippen LogP contribution >= 0.6 is 0 Å². The van der Waals surface area contributed by atoms with Crippen molar-refractivity contribution in [2.24, 2.45) is 5.73 Å². The molecule has 0 radical (unpaired) electrons. The fourth-order valence-electron chi connectivity index (χ4n) is 2.80. The first-order valence-corrected chi connectivity index (χ1v) is 7.81.